The van der Waals surface area contributed by atoms with Crippen molar-refractivity contribution in [1.82, 2.24) is 20.8 Å². The molecule has 0 bridgehead atoms. The number of nitrogens with one attached hydrogen (secondary N) is 2. The summed E-state index contributed by atoms with van der Waals surface area (Å²) in [7, 11) is 0. The molecule has 6 nitrogen and oxygen atoms in total. The van der Waals surface area contributed by atoms with Crippen LogP contribution >= 0.6 is 0 Å². The van der Waals surface area contributed by atoms with Crippen molar-refractivity contribution < 1.29 is 9.59 Å². The second kappa shape index (κ2) is 5.13. The standard InChI is InChI=1S/C8H6N2.C3H4N2O2/c1-2-4-8-7(3-1)5-9-6-10-8;6-2-1-4-5-3(2)7/h1-6H;4H,1H2,(H,5,7). The van der Waals surface area contributed by atoms with E-state index in [0.29, 0.717) is 0 Å². The highest BCUT2D eigenvalue weighted by Crippen LogP contribution is 2.06. The van der Waals surface area contributed by atoms with Crippen LogP contribution in [0.5, 0.6) is 0 Å². The fraction of sp³-hybridized carbons (Fsp3) is 0.0909. The van der Waals surface area contributed by atoms with Crippen LogP contribution in [0.25, 0.3) is 10.9 Å². The molecule has 17 heavy (non-hydrogen) atoms. The molecule has 1 fully saturated rings. The predicted octanol–water partition coefficient (Wildman–Crippen LogP) is -0.180. The number of hydrogen-bond donors (Lipinski definition) is 2. The van der Waals surface area contributed by atoms with Gasteiger partial charge in [0.1, 0.15) is 6.33 Å². The van der Waals surface area contributed by atoms with Crippen LogP contribution in [0.4, 0.5) is 0 Å². The summed E-state index contributed by atoms with van der Waals surface area (Å²) in [4.78, 5) is 28.1. The van der Waals surface area contributed by atoms with E-state index in [2.05, 4.69) is 20.8 Å². The first-order valence-electron chi connectivity index (χ1n) is 4.98. The Labute approximate surface area is 97.0 Å². The van der Waals surface area contributed by atoms with Gasteiger partial charge in [0.25, 0.3) is 0 Å². The number of hydrazine groups is 1. The largest absolute Gasteiger partial charge is 0.302 e. The molecule has 2 aromatic rings. The second-order valence-corrected chi connectivity index (χ2v) is 3.31. The smallest absolute Gasteiger partial charge is 0.287 e. The van der Waals surface area contributed by atoms with Gasteiger partial charge in [-0.15, -0.1) is 0 Å². The molecule has 86 valence electrons. The van der Waals surface area contributed by atoms with E-state index in [1.165, 1.54) is 0 Å². The average Bonchev–Trinajstić information content (AvgIpc) is 2.75. The molecule has 2 heterocycles. The van der Waals surface area contributed by atoms with Crippen molar-refractivity contribution in [1.29, 1.82) is 0 Å². The Kier molecular flexibility index (Phi) is 3.37. The molecule has 1 saturated heterocycles. The molecule has 1 aromatic heterocycles. The number of benzene rings is 1. The minimum Gasteiger partial charge on any atom is -0.287 e. The van der Waals surface area contributed by atoms with Gasteiger partial charge in [-0.25, -0.2) is 15.4 Å². The van der Waals surface area contributed by atoms with Crippen LogP contribution in [0.15, 0.2) is 36.8 Å². The monoisotopic (exact) mass is 230 g/mol. The molecule has 0 unspecified atom stereocenters. The number of carbonyl (C=O) groups is 2. The highest BCUT2D eigenvalue weighted by atomic mass is 16.2. The van der Waals surface area contributed by atoms with Gasteiger partial charge in [0.05, 0.1) is 12.1 Å². The van der Waals surface area contributed by atoms with Gasteiger partial charge in [-0.3, -0.25) is 15.0 Å². The molecular formula is C11H10N4O2. The maximum absolute atomic E-state index is 10.1. The van der Waals surface area contributed by atoms with E-state index >= 15 is 0 Å². The third kappa shape index (κ3) is 2.82. The highest BCUT2D eigenvalue weighted by Gasteiger charge is 2.18. The van der Waals surface area contributed by atoms with Crippen LogP contribution < -0.4 is 10.9 Å². The Morgan fingerprint density at radius 2 is 2.00 bits per heavy atom. The van der Waals surface area contributed by atoms with E-state index in [0.717, 1.165) is 10.9 Å². The summed E-state index contributed by atoms with van der Waals surface area (Å²) >= 11 is 0. The third-order valence-corrected chi connectivity index (χ3v) is 2.12. The number of para-hydroxylation sites is 1. The molecule has 0 atom stereocenters. The number of nitrogens with zero attached hydrogens (tertiary/aromatic N) is 2. The van der Waals surface area contributed by atoms with Crippen LogP contribution in [0.1, 0.15) is 0 Å². The van der Waals surface area contributed by atoms with E-state index in [4.69, 9.17) is 0 Å². The lowest BCUT2D eigenvalue weighted by atomic mass is 10.2. The van der Waals surface area contributed by atoms with Crippen LogP contribution in [0, 0.1) is 0 Å². The highest BCUT2D eigenvalue weighted by molar-refractivity contribution is 6.38. The molecule has 2 N–H and O–H groups in total. The minimum atomic E-state index is -0.542. The van der Waals surface area contributed by atoms with Crippen molar-refractivity contribution in [3.05, 3.63) is 36.8 Å². The number of aromatic nitrogens is 2. The molecule has 6 heteroatoms. The van der Waals surface area contributed by atoms with Gasteiger partial charge < -0.3 is 0 Å². The molecule has 0 radical (unpaired) electrons. The van der Waals surface area contributed by atoms with Gasteiger partial charge in [0.2, 0.25) is 5.78 Å². The zero-order chi connectivity index (χ0) is 12.1. The summed E-state index contributed by atoms with van der Waals surface area (Å²) in [6.07, 6.45) is 3.37. The van der Waals surface area contributed by atoms with Crippen molar-refractivity contribution in [2.24, 2.45) is 0 Å². The summed E-state index contributed by atoms with van der Waals surface area (Å²) in [6.45, 7) is 0.124. The number of ketones is 1. The first-order chi connectivity index (χ1) is 8.27. The van der Waals surface area contributed by atoms with Crippen molar-refractivity contribution >= 4 is 22.6 Å². The van der Waals surface area contributed by atoms with Gasteiger partial charge in [-0.2, -0.15) is 0 Å². The number of Topliss-reactive ketones (excluding diaryl/α,β-unsaturated/α-hetero) is 1. The number of fused-ring (bicyclic) bond motifs is 1. The SMILES string of the molecule is O=C1CNNC1=O.c1ccc2ncncc2c1. The molecule has 1 aromatic carbocycles. The Morgan fingerprint density at radius 3 is 2.59 bits per heavy atom. The van der Waals surface area contributed by atoms with Crippen LogP contribution in [-0.4, -0.2) is 28.2 Å². The fourth-order valence-electron chi connectivity index (χ4n) is 1.28. The number of carbonyl (C=O) groups excluding carboxylic acids is 2. The Morgan fingerprint density at radius 1 is 1.18 bits per heavy atom. The van der Waals surface area contributed by atoms with Gasteiger partial charge in [0.15, 0.2) is 0 Å². The first kappa shape index (κ1) is 11.2. The molecule has 0 saturated carbocycles. The zero-order valence-corrected chi connectivity index (χ0v) is 8.88. The van der Waals surface area contributed by atoms with Crippen molar-refractivity contribution in [2.75, 3.05) is 6.54 Å². The molecule has 1 aliphatic rings. The van der Waals surface area contributed by atoms with Crippen LogP contribution in [0.3, 0.4) is 0 Å². The Balaban J connectivity index is 0.000000136. The van der Waals surface area contributed by atoms with Crippen LogP contribution in [0.2, 0.25) is 0 Å². The van der Waals surface area contributed by atoms with E-state index in [1.807, 2.05) is 30.5 Å². The molecule has 0 aliphatic carbocycles. The maximum Gasteiger partial charge on any atom is 0.302 e. The normalized spacial score (nSPS) is 14.1. The Hall–Kier alpha value is -2.34. The van der Waals surface area contributed by atoms with E-state index < -0.39 is 11.7 Å². The summed E-state index contributed by atoms with van der Waals surface area (Å²) in [5, 5.41) is 1.09. The van der Waals surface area contributed by atoms with Crippen molar-refractivity contribution in [3.8, 4) is 0 Å². The summed E-state index contributed by atoms with van der Waals surface area (Å²) in [5.41, 5.74) is 5.50. The van der Waals surface area contributed by atoms with Crippen molar-refractivity contribution in [3.63, 3.8) is 0 Å². The number of amides is 1. The summed E-state index contributed by atoms with van der Waals surface area (Å²) in [6, 6.07) is 7.91. The average molecular weight is 230 g/mol. The quantitative estimate of drug-likeness (QED) is 0.613. The van der Waals surface area contributed by atoms with E-state index in [9.17, 15) is 9.59 Å². The molecule has 3 rings (SSSR count). The lowest BCUT2D eigenvalue weighted by molar-refractivity contribution is -0.134. The lowest BCUT2D eigenvalue weighted by Gasteiger charge is -1.90. The maximum atomic E-state index is 10.1. The van der Waals surface area contributed by atoms with Gasteiger partial charge in [0, 0.05) is 11.6 Å². The molecule has 1 amide bonds. The third-order valence-electron chi connectivity index (χ3n) is 2.12. The summed E-state index contributed by atoms with van der Waals surface area (Å²) in [5.74, 6) is -0.944. The second-order valence-electron chi connectivity index (χ2n) is 3.31. The predicted molar refractivity (Wildman–Crippen MR) is 60.7 cm³/mol. The fourth-order valence-corrected chi connectivity index (χ4v) is 1.28. The molecular weight excluding hydrogens is 220 g/mol. The summed E-state index contributed by atoms with van der Waals surface area (Å²) < 4.78 is 0. The van der Waals surface area contributed by atoms with Gasteiger partial charge in [-0.1, -0.05) is 18.2 Å². The minimum absolute atomic E-state index is 0.124. The van der Waals surface area contributed by atoms with Crippen LogP contribution in [-0.2, 0) is 9.59 Å². The lowest BCUT2D eigenvalue weighted by Crippen LogP contribution is -2.26. The Bertz CT molecular complexity index is 476. The van der Waals surface area contributed by atoms with E-state index in [-0.39, 0.29) is 6.54 Å². The van der Waals surface area contributed by atoms with Gasteiger partial charge in [-0.05, 0) is 6.07 Å². The zero-order valence-electron chi connectivity index (χ0n) is 8.88. The number of hydrogen-bond acceptors (Lipinski definition) is 5. The van der Waals surface area contributed by atoms with E-state index in [1.54, 1.807) is 6.33 Å². The number of rotatable bonds is 0. The topological polar surface area (TPSA) is 84.0 Å². The first-order valence-corrected chi connectivity index (χ1v) is 4.98. The van der Waals surface area contributed by atoms with Gasteiger partial charge >= 0.3 is 5.91 Å². The van der Waals surface area contributed by atoms with Crippen molar-refractivity contribution in [2.45, 2.75) is 0 Å². The molecule has 1 aliphatic heterocycles. The molecule has 0 spiro atoms.